The van der Waals surface area contributed by atoms with Crippen LogP contribution in [0.5, 0.6) is 0 Å². The van der Waals surface area contributed by atoms with E-state index in [0.717, 1.165) is 44.6 Å². The first-order chi connectivity index (χ1) is 14.7. The monoisotopic (exact) mass is 399 g/mol. The lowest BCUT2D eigenvalue weighted by atomic mass is 9.95. The minimum atomic E-state index is 0.0922. The van der Waals surface area contributed by atoms with Crippen LogP contribution in [0.1, 0.15) is 35.1 Å². The summed E-state index contributed by atoms with van der Waals surface area (Å²) >= 11 is 0. The van der Waals surface area contributed by atoms with Crippen molar-refractivity contribution in [3.63, 3.8) is 0 Å². The molecule has 1 N–H and O–H groups in total. The Morgan fingerprint density at radius 2 is 1.63 bits per heavy atom. The van der Waals surface area contributed by atoms with Crippen LogP contribution in [0.2, 0.25) is 0 Å². The molecule has 0 atom stereocenters. The molecule has 30 heavy (non-hydrogen) atoms. The zero-order valence-electron chi connectivity index (χ0n) is 17.6. The zero-order chi connectivity index (χ0) is 20.8. The van der Waals surface area contributed by atoms with Gasteiger partial charge < -0.3 is 5.32 Å². The number of nitrogens with one attached hydrogen (secondary N) is 1. The van der Waals surface area contributed by atoms with Crippen molar-refractivity contribution in [1.82, 2.24) is 9.88 Å². The van der Waals surface area contributed by atoms with Gasteiger partial charge in [0.2, 0.25) is 5.91 Å². The molecular weight excluding hydrogens is 370 g/mol. The maximum atomic E-state index is 12.7. The first kappa shape index (κ1) is 20.3. The first-order valence-electron chi connectivity index (χ1n) is 10.7. The molecule has 1 fully saturated rings. The van der Waals surface area contributed by atoms with Gasteiger partial charge in [-0.1, -0.05) is 36.4 Å². The fraction of sp³-hybridized carbons (Fsp3) is 0.308. The van der Waals surface area contributed by atoms with Crippen molar-refractivity contribution in [3.05, 3.63) is 95.3 Å². The molecule has 3 aromatic rings. The molecule has 1 aromatic heterocycles. The highest BCUT2D eigenvalue weighted by Crippen LogP contribution is 2.22. The fourth-order valence-electron chi connectivity index (χ4n) is 4.07. The van der Waals surface area contributed by atoms with Gasteiger partial charge in [0.15, 0.2) is 0 Å². The molecule has 2 aromatic carbocycles. The van der Waals surface area contributed by atoms with E-state index >= 15 is 0 Å². The van der Waals surface area contributed by atoms with Crippen LogP contribution in [0.4, 0.5) is 5.69 Å². The van der Waals surface area contributed by atoms with Crippen LogP contribution in [0.15, 0.2) is 73.1 Å². The molecular formula is C26H29N3O. The normalized spacial score (nSPS) is 15.1. The van der Waals surface area contributed by atoms with E-state index in [1.54, 1.807) is 0 Å². The Hall–Kier alpha value is -2.98. The van der Waals surface area contributed by atoms with Crippen LogP contribution >= 0.6 is 0 Å². The van der Waals surface area contributed by atoms with Crippen LogP contribution < -0.4 is 5.32 Å². The summed E-state index contributed by atoms with van der Waals surface area (Å²) in [6, 6.07) is 20.8. The lowest BCUT2D eigenvalue weighted by Gasteiger charge is -2.31. The van der Waals surface area contributed by atoms with Crippen molar-refractivity contribution in [3.8, 4) is 0 Å². The second kappa shape index (κ2) is 9.68. The third-order valence-electron chi connectivity index (χ3n) is 5.99. The zero-order valence-corrected chi connectivity index (χ0v) is 17.6. The number of piperidine rings is 1. The van der Waals surface area contributed by atoms with Gasteiger partial charge in [0.25, 0.3) is 0 Å². The average Bonchev–Trinajstić information content (AvgIpc) is 2.78. The smallest absolute Gasteiger partial charge is 0.227 e. The summed E-state index contributed by atoms with van der Waals surface area (Å²) in [4.78, 5) is 19.2. The number of carbonyl (C=O) groups is 1. The topological polar surface area (TPSA) is 45.2 Å². The van der Waals surface area contributed by atoms with E-state index in [1.807, 2.05) is 36.7 Å². The Kier molecular flexibility index (Phi) is 6.55. The summed E-state index contributed by atoms with van der Waals surface area (Å²) < 4.78 is 0. The van der Waals surface area contributed by atoms with E-state index in [4.69, 9.17) is 0 Å². The second-order valence-electron chi connectivity index (χ2n) is 8.20. The number of pyridine rings is 1. The molecule has 0 spiro atoms. The molecule has 4 nitrogen and oxygen atoms in total. The van der Waals surface area contributed by atoms with Crippen molar-refractivity contribution in [2.24, 2.45) is 5.92 Å². The summed E-state index contributed by atoms with van der Waals surface area (Å²) in [7, 11) is 0. The quantitative estimate of drug-likeness (QED) is 0.646. The minimum absolute atomic E-state index is 0.0922. The predicted octanol–water partition coefficient (Wildman–Crippen LogP) is 4.83. The Balaban J connectivity index is 1.26. The Labute approximate surface area is 179 Å². The second-order valence-corrected chi connectivity index (χ2v) is 8.20. The molecule has 4 rings (SSSR count). The van der Waals surface area contributed by atoms with Gasteiger partial charge in [0, 0.05) is 30.5 Å². The molecule has 154 valence electrons. The summed E-state index contributed by atoms with van der Waals surface area (Å²) in [5, 5.41) is 3.11. The molecule has 0 bridgehead atoms. The van der Waals surface area contributed by atoms with Gasteiger partial charge in [-0.05, 0) is 85.8 Å². The SMILES string of the molecule is Cc1ccccc1CN1CCC(C(=O)Nc2ccc(Cc3ccncc3)cc2)CC1. The third kappa shape index (κ3) is 5.33. The molecule has 0 radical (unpaired) electrons. The van der Waals surface area contributed by atoms with Crippen molar-refractivity contribution >= 4 is 11.6 Å². The largest absolute Gasteiger partial charge is 0.326 e. The number of amides is 1. The fourth-order valence-corrected chi connectivity index (χ4v) is 4.07. The number of likely N-dealkylation sites (tertiary alicyclic amines) is 1. The van der Waals surface area contributed by atoms with Gasteiger partial charge in [-0.15, -0.1) is 0 Å². The number of nitrogens with zero attached hydrogens (tertiary/aromatic N) is 2. The van der Waals surface area contributed by atoms with Gasteiger partial charge in [-0.25, -0.2) is 0 Å². The Bertz CT molecular complexity index is 961. The molecule has 1 saturated heterocycles. The molecule has 2 heterocycles. The first-order valence-corrected chi connectivity index (χ1v) is 10.7. The lowest BCUT2D eigenvalue weighted by Crippen LogP contribution is -2.37. The molecule has 0 saturated carbocycles. The maximum absolute atomic E-state index is 12.7. The van der Waals surface area contributed by atoms with Crippen molar-refractivity contribution in [2.75, 3.05) is 18.4 Å². The number of aryl methyl sites for hydroxylation is 1. The van der Waals surface area contributed by atoms with Crippen LogP contribution in [0.3, 0.4) is 0 Å². The maximum Gasteiger partial charge on any atom is 0.227 e. The number of hydrogen-bond donors (Lipinski definition) is 1. The number of rotatable bonds is 6. The highest BCUT2D eigenvalue weighted by molar-refractivity contribution is 5.92. The molecule has 1 aliphatic heterocycles. The summed E-state index contributed by atoms with van der Waals surface area (Å²) in [5.41, 5.74) is 6.06. The van der Waals surface area contributed by atoms with Crippen LogP contribution in [0, 0.1) is 12.8 Å². The minimum Gasteiger partial charge on any atom is -0.326 e. The van der Waals surface area contributed by atoms with Crippen LogP contribution in [0.25, 0.3) is 0 Å². The average molecular weight is 400 g/mol. The number of aromatic nitrogens is 1. The van der Waals surface area contributed by atoms with Crippen molar-refractivity contribution in [1.29, 1.82) is 0 Å². The van der Waals surface area contributed by atoms with Gasteiger partial charge >= 0.3 is 0 Å². The van der Waals surface area contributed by atoms with Crippen molar-refractivity contribution in [2.45, 2.75) is 32.7 Å². The van der Waals surface area contributed by atoms with E-state index in [9.17, 15) is 4.79 Å². The summed E-state index contributed by atoms with van der Waals surface area (Å²) in [6.45, 7) is 5.08. The molecule has 4 heteroatoms. The van der Waals surface area contributed by atoms with E-state index in [2.05, 4.69) is 58.5 Å². The Morgan fingerprint density at radius 1 is 0.967 bits per heavy atom. The predicted molar refractivity (Wildman–Crippen MR) is 121 cm³/mol. The van der Waals surface area contributed by atoms with E-state index < -0.39 is 0 Å². The molecule has 0 unspecified atom stereocenters. The van der Waals surface area contributed by atoms with E-state index in [-0.39, 0.29) is 11.8 Å². The van der Waals surface area contributed by atoms with Crippen LogP contribution in [-0.2, 0) is 17.8 Å². The van der Waals surface area contributed by atoms with Crippen LogP contribution in [-0.4, -0.2) is 28.9 Å². The molecule has 0 aliphatic carbocycles. The number of anilines is 1. The molecule has 1 aliphatic rings. The third-order valence-corrected chi connectivity index (χ3v) is 5.99. The number of carbonyl (C=O) groups excluding carboxylic acids is 1. The lowest BCUT2D eigenvalue weighted by molar-refractivity contribution is -0.121. The van der Waals surface area contributed by atoms with Gasteiger partial charge in [0.1, 0.15) is 0 Å². The Morgan fingerprint density at radius 3 is 2.33 bits per heavy atom. The van der Waals surface area contributed by atoms with Gasteiger partial charge in [0.05, 0.1) is 0 Å². The van der Waals surface area contributed by atoms with E-state index in [1.165, 1.54) is 22.3 Å². The highest BCUT2D eigenvalue weighted by atomic mass is 16.1. The number of benzene rings is 2. The standard InChI is InChI=1S/C26H29N3O/c1-20-4-2-3-5-24(20)19-29-16-12-23(13-17-29)26(30)28-25-8-6-21(7-9-25)18-22-10-14-27-15-11-22/h2-11,14-15,23H,12-13,16-19H2,1H3,(H,28,30). The molecule has 1 amide bonds. The number of hydrogen-bond acceptors (Lipinski definition) is 3. The van der Waals surface area contributed by atoms with Gasteiger partial charge in [-0.3, -0.25) is 14.7 Å². The van der Waals surface area contributed by atoms with Gasteiger partial charge in [-0.2, -0.15) is 0 Å². The highest BCUT2D eigenvalue weighted by Gasteiger charge is 2.25. The van der Waals surface area contributed by atoms with E-state index in [0.29, 0.717) is 0 Å². The summed E-state index contributed by atoms with van der Waals surface area (Å²) in [5.74, 6) is 0.238. The van der Waals surface area contributed by atoms with Crippen molar-refractivity contribution < 1.29 is 4.79 Å². The summed E-state index contributed by atoms with van der Waals surface area (Å²) in [6.07, 6.45) is 6.33.